The number of carbonyl (C=O) groups excluding carboxylic acids is 3. The van der Waals surface area contributed by atoms with Crippen molar-refractivity contribution in [2.24, 2.45) is 0 Å². The molecule has 6 heteroatoms. The summed E-state index contributed by atoms with van der Waals surface area (Å²) in [6.07, 6.45) is 7.12. The average Bonchev–Trinajstić information content (AvgIpc) is 2.79. The average molecular weight is 434 g/mol. The first-order chi connectivity index (χ1) is 15.4. The number of nitrogens with one attached hydrogen (secondary N) is 2. The monoisotopic (exact) mass is 433 g/mol. The zero-order chi connectivity index (χ0) is 23.1. The smallest absolute Gasteiger partial charge is 0.272 e. The number of para-hydroxylation sites is 1. The third-order valence-electron chi connectivity index (χ3n) is 5.89. The van der Waals surface area contributed by atoms with Crippen molar-refractivity contribution in [3.05, 3.63) is 70.9 Å². The van der Waals surface area contributed by atoms with Gasteiger partial charge < -0.3 is 15.5 Å². The van der Waals surface area contributed by atoms with E-state index in [0.717, 1.165) is 36.8 Å². The Morgan fingerprint density at radius 1 is 0.969 bits per heavy atom. The first-order valence-corrected chi connectivity index (χ1v) is 11.1. The second-order valence-corrected chi connectivity index (χ2v) is 8.30. The quantitative estimate of drug-likeness (QED) is 0.658. The van der Waals surface area contributed by atoms with Crippen molar-refractivity contribution in [1.82, 2.24) is 10.2 Å². The van der Waals surface area contributed by atoms with Gasteiger partial charge in [0.05, 0.1) is 11.3 Å². The van der Waals surface area contributed by atoms with Gasteiger partial charge in [0.15, 0.2) is 0 Å². The Balaban J connectivity index is 1.85. The highest BCUT2D eigenvalue weighted by molar-refractivity contribution is 6.11. The predicted molar refractivity (Wildman–Crippen MR) is 127 cm³/mol. The normalized spacial score (nSPS) is 14.5. The zero-order valence-corrected chi connectivity index (χ0v) is 19.0. The molecule has 168 valence electrons. The van der Waals surface area contributed by atoms with Gasteiger partial charge >= 0.3 is 0 Å². The molecule has 0 heterocycles. The number of nitrogens with zero attached hydrogens (tertiary/aromatic N) is 1. The molecule has 2 aromatic rings. The Morgan fingerprint density at radius 3 is 2.31 bits per heavy atom. The fraction of sp³-hybridized carbons (Fsp3) is 0.346. The topological polar surface area (TPSA) is 78.5 Å². The van der Waals surface area contributed by atoms with E-state index in [9.17, 15) is 14.4 Å². The highest BCUT2D eigenvalue weighted by Gasteiger charge is 2.25. The van der Waals surface area contributed by atoms with E-state index in [4.69, 9.17) is 0 Å². The molecule has 0 atom stereocenters. The molecule has 0 saturated heterocycles. The summed E-state index contributed by atoms with van der Waals surface area (Å²) >= 11 is 0. The summed E-state index contributed by atoms with van der Waals surface area (Å²) in [5.74, 6) is -0.942. The Kier molecular flexibility index (Phi) is 7.82. The van der Waals surface area contributed by atoms with Crippen LogP contribution in [0.2, 0.25) is 0 Å². The molecule has 32 heavy (non-hydrogen) atoms. The first-order valence-electron chi connectivity index (χ1n) is 11.1. The number of rotatable bonds is 6. The van der Waals surface area contributed by atoms with Crippen LogP contribution in [0.4, 0.5) is 5.69 Å². The van der Waals surface area contributed by atoms with Gasteiger partial charge in [0.2, 0.25) is 5.91 Å². The minimum absolute atomic E-state index is 0.114. The lowest BCUT2D eigenvalue weighted by Crippen LogP contribution is -2.38. The number of hydrogen-bond acceptors (Lipinski definition) is 3. The molecular weight excluding hydrogens is 402 g/mol. The lowest BCUT2D eigenvalue weighted by molar-refractivity contribution is -0.120. The van der Waals surface area contributed by atoms with Crippen molar-refractivity contribution in [3.8, 4) is 0 Å². The lowest BCUT2D eigenvalue weighted by atomic mass is 9.94. The summed E-state index contributed by atoms with van der Waals surface area (Å²) in [5.41, 5.74) is 2.79. The minimum atomic E-state index is -0.482. The lowest BCUT2D eigenvalue weighted by Gasteiger charge is -2.31. The van der Waals surface area contributed by atoms with Crippen LogP contribution in [0.15, 0.2) is 54.2 Å². The van der Waals surface area contributed by atoms with E-state index < -0.39 is 5.91 Å². The molecule has 0 bridgehead atoms. The van der Waals surface area contributed by atoms with Crippen molar-refractivity contribution in [3.63, 3.8) is 0 Å². The Labute approximate surface area is 189 Å². The van der Waals surface area contributed by atoms with Crippen LogP contribution in [0.25, 0.3) is 6.08 Å². The van der Waals surface area contributed by atoms with Gasteiger partial charge in [0.25, 0.3) is 11.8 Å². The largest absolute Gasteiger partial charge is 0.339 e. The van der Waals surface area contributed by atoms with Gasteiger partial charge in [-0.05, 0) is 49.1 Å². The first kappa shape index (κ1) is 23.3. The number of aryl methyl sites for hydroxylation is 1. The molecule has 0 aliphatic heterocycles. The zero-order valence-electron chi connectivity index (χ0n) is 19.0. The maximum absolute atomic E-state index is 13.2. The molecule has 0 aromatic heterocycles. The fourth-order valence-corrected chi connectivity index (χ4v) is 4.04. The molecule has 0 radical (unpaired) electrons. The number of hydrogen-bond donors (Lipinski definition) is 2. The summed E-state index contributed by atoms with van der Waals surface area (Å²) in [7, 11) is 1.83. The minimum Gasteiger partial charge on any atom is -0.339 e. The summed E-state index contributed by atoms with van der Waals surface area (Å²) in [4.78, 5) is 39.8. The van der Waals surface area contributed by atoms with E-state index >= 15 is 0 Å². The van der Waals surface area contributed by atoms with Crippen LogP contribution in [0.5, 0.6) is 0 Å². The number of benzene rings is 2. The Morgan fingerprint density at radius 2 is 1.62 bits per heavy atom. The van der Waals surface area contributed by atoms with Crippen molar-refractivity contribution >= 4 is 29.5 Å². The van der Waals surface area contributed by atoms with E-state index in [-0.39, 0.29) is 23.6 Å². The maximum Gasteiger partial charge on any atom is 0.272 e. The van der Waals surface area contributed by atoms with Gasteiger partial charge in [-0.3, -0.25) is 14.4 Å². The maximum atomic E-state index is 13.2. The summed E-state index contributed by atoms with van der Waals surface area (Å²) < 4.78 is 0. The van der Waals surface area contributed by atoms with Crippen LogP contribution in [-0.2, 0) is 9.59 Å². The number of amides is 3. The van der Waals surface area contributed by atoms with E-state index in [0.29, 0.717) is 11.3 Å². The molecule has 1 saturated carbocycles. The van der Waals surface area contributed by atoms with Crippen molar-refractivity contribution < 1.29 is 14.4 Å². The molecular formula is C26H31N3O3. The molecule has 1 fully saturated rings. The molecule has 1 aliphatic carbocycles. The van der Waals surface area contributed by atoms with Gasteiger partial charge in [0, 0.05) is 20.0 Å². The van der Waals surface area contributed by atoms with Crippen molar-refractivity contribution in [2.75, 3.05) is 12.4 Å². The molecule has 6 nitrogen and oxygen atoms in total. The Bertz CT molecular complexity index is 1020. The Hall–Kier alpha value is -3.41. The van der Waals surface area contributed by atoms with Gasteiger partial charge in [-0.1, -0.05) is 55.7 Å². The molecule has 3 amide bonds. The van der Waals surface area contributed by atoms with Crippen LogP contribution in [0.1, 0.15) is 60.5 Å². The summed E-state index contributed by atoms with van der Waals surface area (Å²) in [6.45, 7) is 3.29. The standard InChI is InChI=1S/C26H31N3O3/c1-18-11-7-8-12-20(18)17-24(27-19(2)30)25(31)28-23-16-10-9-15-22(23)26(32)29(3)21-13-5-4-6-14-21/h7-12,15-17,21H,4-6,13-14H2,1-3H3,(H,27,30)(H,28,31). The van der Waals surface area contributed by atoms with Crippen molar-refractivity contribution in [1.29, 1.82) is 0 Å². The summed E-state index contributed by atoms with van der Waals surface area (Å²) in [5, 5.41) is 5.44. The van der Waals surface area contributed by atoms with E-state index in [1.54, 1.807) is 35.2 Å². The second-order valence-electron chi connectivity index (χ2n) is 8.30. The SMILES string of the molecule is CC(=O)NC(=Cc1ccccc1C)C(=O)Nc1ccccc1C(=O)N(C)C1CCCCC1. The van der Waals surface area contributed by atoms with Gasteiger partial charge in [0.1, 0.15) is 5.70 Å². The van der Waals surface area contributed by atoms with Crippen LogP contribution in [-0.4, -0.2) is 35.7 Å². The molecule has 1 aliphatic rings. The fourth-order valence-electron chi connectivity index (χ4n) is 4.04. The van der Waals surface area contributed by atoms with Gasteiger partial charge in [-0.15, -0.1) is 0 Å². The third-order valence-corrected chi connectivity index (χ3v) is 5.89. The van der Waals surface area contributed by atoms with E-state index in [2.05, 4.69) is 10.6 Å². The number of anilines is 1. The van der Waals surface area contributed by atoms with Crippen LogP contribution < -0.4 is 10.6 Å². The molecule has 0 spiro atoms. The van der Waals surface area contributed by atoms with Gasteiger partial charge in [-0.2, -0.15) is 0 Å². The van der Waals surface area contributed by atoms with Crippen LogP contribution >= 0.6 is 0 Å². The van der Waals surface area contributed by atoms with Crippen molar-refractivity contribution in [2.45, 2.75) is 52.0 Å². The highest BCUT2D eigenvalue weighted by Crippen LogP contribution is 2.25. The highest BCUT2D eigenvalue weighted by atomic mass is 16.2. The van der Waals surface area contributed by atoms with E-state index in [1.807, 2.05) is 38.2 Å². The molecule has 0 unspecified atom stereocenters. The predicted octanol–water partition coefficient (Wildman–Crippen LogP) is 4.52. The second kappa shape index (κ2) is 10.8. The summed E-state index contributed by atoms with van der Waals surface area (Å²) in [6, 6.07) is 14.8. The third kappa shape index (κ3) is 5.84. The molecule has 3 rings (SSSR count). The van der Waals surface area contributed by atoms with Gasteiger partial charge in [-0.25, -0.2) is 0 Å². The van der Waals surface area contributed by atoms with E-state index in [1.165, 1.54) is 13.3 Å². The molecule has 2 aromatic carbocycles. The van der Waals surface area contributed by atoms with Crippen LogP contribution in [0.3, 0.4) is 0 Å². The molecule has 2 N–H and O–H groups in total. The van der Waals surface area contributed by atoms with Crippen LogP contribution in [0, 0.1) is 6.92 Å². The number of carbonyl (C=O) groups is 3.